The summed E-state index contributed by atoms with van der Waals surface area (Å²) in [6, 6.07) is 25.0. The molecule has 0 amide bonds. The molecule has 2 fully saturated rings. The van der Waals surface area contributed by atoms with E-state index in [9.17, 15) is 0 Å². The first-order valence-electron chi connectivity index (χ1n) is 15.4. The van der Waals surface area contributed by atoms with Crippen LogP contribution >= 0.6 is 0 Å². The van der Waals surface area contributed by atoms with Gasteiger partial charge in [0.1, 0.15) is 17.5 Å². The standard InChI is InChI=1S/C37H40FN3O/c1-4-37(38,5-2)30-18-10-26(11-19-30)24-34(28-14-15-28)41-31-20-16-29(17-21-31)35-36(40-23-22-39-35)42-25(3)32-8-6-7-9-33(32)27-12-13-27/h6-11,16-23,25,27,41H,4-5,12-15,24H2,1-3H3. The van der Waals surface area contributed by atoms with Crippen LogP contribution in [0.3, 0.4) is 0 Å². The number of alkyl halides is 1. The van der Waals surface area contributed by atoms with Crippen molar-refractivity contribution >= 4 is 5.69 Å². The SMILES string of the molecule is CCC(F)(CC)c1ccc(CC(Nc2ccc(-c3nccnc3OC(C)c3ccccc3C3CC3)cc2)=C2CC2)cc1. The first-order chi connectivity index (χ1) is 20.5. The number of allylic oxidation sites excluding steroid dienone is 2. The van der Waals surface area contributed by atoms with Gasteiger partial charge < -0.3 is 10.1 Å². The van der Waals surface area contributed by atoms with Crippen molar-refractivity contribution in [1.29, 1.82) is 0 Å². The summed E-state index contributed by atoms with van der Waals surface area (Å²) in [5.41, 5.74) is 8.75. The molecule has 1 aromatic heterocycles. The van der Waals surface area contributed by atoms with Crippen LogP contribution < -0.4 is 10.1 Å². The van der Waals surface area contributed by atoms with Crippen LogP contribution in [-0.2, 0) is 12.1 Å². The summed E-state index contributed by atoms with van der Waals surface area (Å²) in [5.74, 6) is 1.20. The van der Waals surface area contributed by atoms with Crippen LogP contribution in [-0.4, -0.2) is 9.97 Å². The summed E-state index contributed by atoms with van der Waals surface area (Å²) >= 11 is 0. The Morgan fingerprint density at radius 1 is 0.929 bits per heavy atom. The van der Waals surface area contributed by atoms with E-state index in [1.54, 1.807) is 12.4 Å². The highest BCUT2D eigenvalue weighted by atomic mass is 19.1. The van der Waals surface area contributed by atoms with E-state index in [1.165, 1.54) is 40.8 Å². The monoisotopic (exact) mass is 561 g/mol. The van der Waals surface area contributed by atoms with E-state index < -0.39 is 5.67 Å². The van der Waals surface area contributed by atoms with Crippen molar-refractivity contribution in [2.24, 2.45) is 0 Å². The summed E-state index contributed by atoms with van der Waals surface area (Å²) in [4.78, 5) is 9.20. The van der Waals surface area contributed by atoms with Gasteiger partial charge >= 0.3 is 0 Å². The van der Waals surface area contributed by atoms with Gasteiger partial charge in [0.25, 0.3) is 0 Å². The fraction of sp³-hybridized carbons (Fsp3) is 0.351. The van der Waals surface area contributed by atoms with Crippen molar-refractivity contribution in [1.82, 2.24) is 9.97 Å². The Bertz CT molecular complexity index is 1550. The number of aromatic nitrogens is 2. The van der Waals surface area contributed by atoms with Crippen LogP contribution in [0.15, 0.2) is 96.5 Å². The maximum absolute atomic E-state index is 15.1. The first kappa shape index (κ1) is 28.1. The molecule has 2 aliphatic carbocycles. The summed E-state index contributed by atoms with van der Waals surface area (Å²) in [7, 11) is 0. The zero-order chi connectivity index (χ0) is 29.1. The van der Waals surface area contributed by atoms with Gasteiger partial charge in [0, 0.05) is 35.8 Å². The van der Waals surface area contributed by atoms with Crippen LogP contribution in [0.4, 0.5) is 10.1 Å². The third-order valence-corrected chi connectivity index (χ3v) is 8.76. The van der Waals surface area contributed by atoms with Gasteiger partial charge in [-0.1, -0.05) is 74.5 Å². The molecule has 1 N–H and O–H groups in total. The first-order valence-corrected chi connectivity index (χ1v) is 15.4. The number of nitrogens with zero attached hydrogens (tertiary/aromatic N) is 2. The van der Waals surface area contributed by atoms with Gasteiger partial charge in [0.05, 0.1) is 0 Å². The van der Waals surface area contributed by atoms with Crippen LogP contribution in [0.1, 0.15) is 93.6 Å². The number of ether oxygens (including phenoxy) is 1. The normalized spacial score (nSPS) is 15.3. The Balaban J connectivity index is 1.15. The summed E-state index contributed by atoms with van der Waals surface area (Å²) in [5, 5.41) is 3.66. The maximum atomic E-state index is 15.1. The van der Waals surface area contributed by atoms with Gasteiger partial charge in [-0.15, -0.1) is 0 Å². The maximum Gasteiger partial charge on any atom is 0.241 e. The molecule has 5 heteroatoms. The fourth-order valence-corrected chi connectivity index (χ4v) is 5.78. The van der Waals surface area contributed by atoms with Crippen molar-refractivity contribution in [3.8, 4) is 17.1 Å². The van der Waals surface area contributed by atoms with Gasteiger partial charge in [-0.3, -0.25) is 0 Å². The van der Waals surface area contributed by atoms with Crippen molar-refractivity contribution < 1.29 is 9.13 Å². The zero-order valence-electron chi connectivity index (χ0n) is 24.9. The summed E-state index contributed by atoms with van der Waals surface area (Å²) in [6.07, 6.45) is 9.82. The largest absolute Gasteiger partial charge is 0.468 e. The molecular weight excluding hydrogens is 521 g/mol. The van der Waals surface area contributed by atoms with Gasteiger partial charge in [0.2, 0.25) is 5.88 Å². The van der Waals surface area contributed by atoms with Crippen LogP contribution in [0.5, 0.6) is 5.88 Å². The smallest absolute Gasteiger partial charge is 0.241 e. The molecular formula is C37H40FN3O. The number of halogens is 1. The minimum absolute atomic E-state index is 0.120. The number of anilines is 1. The number of nitrogens with one attached hydrogen (secondary N) is 1. The molecule has 0 radical (unpaired) electrons. The quantitative estimate of drug-likeness (QED) is 0.187. The Hall–Kier alpha value is -3.99. The molecule has 1 heterocycles. The highest BCUT2D eigenvalue weighted by Gasteiger charge is 2.29. The van der Waals surface area contributed by atoms with Crippen molar-refractivity contribution in [3.63, 3.8) is 0 Å². The summed E-state index contributed by atoms with van der Waals surface area (Å²) in [6.45, 7) is 5.92. The number of rotatable bonds is 12. The molecule has 216 valence electrons. The molecule has 4 aromatic rings. The minimum Gasteiger partial charge on any atom is -0.468 e. The molecule has 0 spiro atoms. The van der Waals surface area contributed by atoms with E-state index in [-0.39, 0.29) is 6.10 Å². The zero-order valence-corrected chi connectivity index (χ0v) is 24.9. The second-order valence-electron chi connectivity index (χ2n) is 11.7. The van der Waals surface area contributed by atoms with E-state index in [0.29, 0.717) is 24.6 Å². The Kier molecular flexibility index (Phi) is 8.10. The van der Waals surface area contributed by atoms with Gasteiger partial charge in [-0.25, -0.2) is 14.4 Å². The van der Waals surface area contributed by atoms with Gasteiger partial charge in [-0.05, 0) is 91.3 Å². The second-order valence-corrected chi connectivity index (χ2v) is 11.7. The minimum atomic E-state index is -1.25. The molecule has 2 aliphatic rings. The van der Waals surface area contributed by atoms with E-state index >= 15 is 4.39 Å². The third-order valence-electron chi connectivity index (χ3n) is 8.76. The average molecular weight is 562 g/mol. The molecule has 1 unspecified atom stereocenters. The molecule has 42 heavy (non-hydrogen) atoms. The average Bonchev–Trinajstić information content (AvgIpc) is 3.95. The summed E-state index contributed by atoms with van der Waals surface area (Å²) < 4.78 is 21.6. The highest BCUT2D eigenvalue weighted by molar-refractivity contribution is 5.67. The Morgan fingerprint density at radius 3 is 2.29 bits per heavy atom. The lowest BCUT2D eigenvalue weighted by molar-refractivity contribution is 0.151. The van der Waals surface area contributed by atoms with Crippen LogP contribution in [0.2, 0.25) is 0 Å². The van der Waals surface area contributed by atoms with Gasteiger partial charge in [0.15, 0.2) is 0 Å². The van der Waals surface area contributed by atoms with E-state index in [4.69, 9.17) is 4.74 Å². The highest BCUT2D eigenvalue weighted by Crippen LogP contribution is 2.44. The lowest BCUT2D eigenvalue weighted by Gasteiger charge is -2.23. The second kappa shape index (κ2) is 12.1. The molecule has 4 nitrogen and oxygen atoms in total. The predicted octanol–water partition coefficient (Wildman–Crippen LogP) is 9.85. The molecule has 0 aliphatic heterocycles. The van der Waals surface area contributed by atoms with Crippen molar-refractivity contribution in [3.05, 3.63) is 119 Å². The fourth-order valence-electron chi connectivity index (χ4n) is 5.78. The van der Waals surface area contributed by atoms with Crippen LogP contribution in [0, 0.1) is 0 Å². The van der Waals surface area contributed by atoms with Crippen molar-refractivity contribution in [2.75, 3.05) is 5.32 Å². The number of benzene rings is 3. The lowest BCUT2D eigenvalue weighted by atomic mass is 9.89. The molecule has 0 bridgehead atoms. The topological polar surface area (TPSA) is 47.0 Å². The number of hydrogen-bond donors (Lipinski definition) is 1. The molecule has 0 saturated heterocycles. The van der Waals surface area contributed by atoms with E-state index in [1.807, 2.05) is 26.0 Å². The Labute approximate surface area is 249 Å². The van der Waals surface area contributed by atoms with Gasteiger partial charge in [-0.2, -0.15) is 0 Å². The molecule has 3 aromatic carbocycles. The van der Waals surface area contributed by atoms with Crippen LogP contribution in [0.25, 0.3) is 11.3 Å². The predicted molar refractivity (Wildman–Crippen MR) is 168 cm³/mol. The molecule has 2 saturated carbocycles. The molecule has 6 rings (SSSR count). The molecule has 1 atom stereocenters. The number of hydrogen-bond acceptors (Lipinski definition) is 4. The van der Waals surface area contributed by atoms with E-state index in [0.717, 1.165) is 41.8 Å². The third kappa shape index (κ3) is 6.25. The lowest BCUT2D eigenvalue weighted by Crippen LogP contribution is -2.17. The van der Waals surface area contributed by atoms with E-state index in [2.05, 4.69) is 82.9 Å². The Morgan fingerprint density at radius 2 is 1.62 bits per heavy atom. The van der Waals surface area contributed by atoms with Crippen molar-refractivity contribution in [2.45, 2.75) is 83.4 Å².